The largest absolute Gasteiger partial charge is 0.336 e. The summed E-state index contributed by atoms with van der Waals surface area (Å²) in [4.78, 5) is 41.7. The Bertz CT molecular complexity index is 861. The molecule has 0 aromatic heterocycles. The molecule has 2 aromatic carbocycles. The van der Waals surface area contributed by atoms with E-state index in [-0.39, 0.29) is 11.1 Å². The van der Waals surface area contributed by atoms with E-state index in [4.69, 9.17) is 10.1 Å². The highest BCUT2D eigenvalue weighted by Gasteiger charge is 2.39. The van der Waals surface area contributed by atoms with Crippen LogP contribution in [0, 0.1) is 17.2 Å². The number of rotatable bonds is 4. The Labute approximate surface area is 144 Å². The molecular weight excluding hydrogens is 320 g/mol. The Morgan fingerprint density at radius 2 is 1.64 bits per heavy atom. The van der Waals surface area contributed by atoms with Crippen molar-refractivity contribution < 1.29 is 19.2 Å². The minimum absolute atomic E-state index is 0.222. The van der Waals surface area contributed by atoms with E-state index in [9.17, 15) is 14.4 Å². The van der Waals surface area contributed by atoms with Gasteiger partial charge in [-0.1, -0.05) is 36.3 Å². The summed E-state index contributed by atoms with van der Waals surface area (Å²) < 4.78 is 0. The average molecular weight is 334 g/mol. The number of hydrogen-bond donors (Lipinski definition) is 0. The van der Waals surface area contributed by atoms with Gasteiger partial charge in [-0.15, -0.1) is 0 Å². The van der Waals surface area contributed by atoms with E-state index < -0.39 is 23.7 Å². The van der Waals surface area contributed by atoms with Gasteiger partial charge in [0.1, 0.15) is 0 Å². The normalized spacial score (nSPS) is 14.0. The Morgan fingerprint density at radius 1 is 1.08 bits per heavy atom. The molecule has 0 aliphatic carbocycles. The lowest BCUT2D eigenvalue weighted by Gasteiger charge is -2.16. The maximum absolute atomic E-state index is 12.2. The van der Waals surface area contributed by atoms with Crippen molar-refractivity contribution in [3.05, 3.63) is 70.8 Å². The lowest BCUT2D eigenvalue weighted by atomic mass is 10.0. The quantitative estimate of drug-likeness (QED) is 0.802. The number of hydrogen-bond acceptors (Lipinski definition) is 5. The van der Waals surface area contributed by atoms with Crippen molar-refractivity contribution in [2.75, 3.05) is 0 Å². The highest BCUT2D eigenvalue weighted by Crippen LogP contribution is 2.23. The van der Waals surface area contributed by atoms with E-state index in [2.05, 4.69) is 0 Å². The highest BCUT2D eigenvalue weighted by atomic mass is 16.7. The predicted molar refractivity (Wildman–Crippen MR) is 87.1 cm³/mol. The van der Waals surface area contributed by atoms with Crippen LogP contribution in [0.4, 0.5) is 0 Å². The van der Waals surface area contributed by atoms with E-state index in [1.165, 1.54) is 12.1 Å². The molecule has 0 saturated heterocycles. The molecule has 1 atom stereocenters. The van der Waals surface area contributed by atoms with Gasteiger partial charge in [-0.2, -0.15) is 5.26 Å². The fourth-order valence-electron chi connectivity index (χ4n) is 2.58. The molecule has 1 unspecified atom stereocenters. The number of nitriles is 1. The van der Waals surface area contributed by atoms with Gasteiger partial charge in [0, 0.05) is 0 Å². The Balaban J connectivity index is 1.67. The third-order valence-corrected chi connectivity index (χ3v) is 3.97. The Morgan fingerprint density at radius 3 is 2.16 bits per heavy atom. The first-order valence-corrected chi connectivity index (χ1v) is 7.70. The number of carbonyl (C=O) groups excluding carboxylic acids is 3. The Hall–Kier alpha value is -3.46. The summed E-state index contributed by atoms with van der Waals surface area (Å²) in [5.74, 6) is -2.50. The van der Waals surface area contributed by atoms with Crippen LogP contribution in [0.25, 0.3) is 0 Å². The van der Waals surface area contributed by atoms with Crippen LogP contribution in [0.15, 0.2) is 48.5 Å². The molecule has 3 rings (SSSR count). The number of benzene rings is 2. The first kappa shape index (κ1) is 16.4. The van der Waals surface area contributed by atoms with Crippen LogP contribution in [0.1, 0.15) is 38.8 Å². The third-order valence-electron chi connectivity index (χ3n) is 3.97. The van der Waals surface area contributed by atoms with Crippen LogP contribution in [0.2, 0.25) is 0 Å². The molecule has 0 N–H and O–H groups in total. The summed E-state index contributed by atoms with van der Waals surface area (Å²) in [6.45, 7) is 1.65. The fraction of sp³-hybridized carbons (Fsp3) is 0.158. The Kier molecular flexibility index (Phi) is 4.31. The van der Waals surface area contributed by atoms with Gasteiger partial charge in [0.25, 0.3) is 11.8 Å². The molecule has 124 valence electrons. The molecule has 0 spiro atoms. The molecule has 6 heteroatoms. The van der Waals surface area contributed by atoms with E-state index >= 15 is 0 Å². The first-order valence-electron chi connectivity index (χ1n) is 7.70. The van der Waals surface area contributed by atoms with Crippen LogP contribution in [-0.2, 0) is 16.1 Å². The van der Waals surface area contributed by atoms with Gasteiger partial charge in [0.2, 0.25) is 0 Å². The molecule has 2 amide bonds. The van der Waals surface area contributed by atoms with Gasteiger partial charge < -0.3 is 4.84 Å². The van der Waals surface area contributed by atoms with Gasteiger partial charge in [0.15, 0.2) is 0 Å². The molecule has 0 fully saturated rings. The van der Waals surface area contributed by atoms with Crippen molar-refractivity contribution in [1.82, 2.24) is 5.06 Å². The van der Waals surface area contributed by atoms with Crippen molar-refractivity contribution >= 4 is 17.8 Å². The van der Waals surface area contributed by atoms with Crippen LogP contribution >= 0.6 is 0 Å². The third kappa shape index (κ3) is 3.12. The van der Waals surface area contributed by atoms with Gasteiger partial charge >= 0.3 is 5.97 Å². The summed E-state index contributed by atoms with van der Waals surface area (Å²) in [6, 6.07) is 15.2. The molecule has 0 radical (unpaired) electrons. The summed E-state index contributed by atoms with van der Waals surface area (Å²) in [5, 5.41) is 9.30. The summed E-state index contributed by atoms with van der Waals surface area (Å²) in [7, 11) is 0. The second-order valence-electron chi connectivity index (χ2n) is 5.77. The topological polar surface area (TPSA) is 87.5 Å². The standard InChI is InChI=1S/C19H14N2O4/c1-12(10-13-6-8-14(11-20)9-7-13)19(24)25-21-17(22)15-4-2-3-5-16(15)18(21)23/h2-9,12H,10H2,1H3. The number of carbonyl (C=O) groups is 3. The van der Waals surface area contributed by atoms with Gasteiger partial charge in [-0.25, -0.2) is 4.79 Å². The maximum Gasteiger partial charge on any atom is 0.336 e. The van der Waals surface area contributed by atoms with Crippen LogP contribution in [0.3, 0.4) is 0 Å². The number of nitrogens with zero attached hydrogens (tertiary/aromatic N) is 2. The van der Waals surface area contributed by atoms with E-state index in [0.717, 1.165) is 5.56 Å². The monoisotopic (exact) mass is 334 g/mol. The molecule has 0 saturated carbocycles. The smallest absolute Gasteiger partial charge is 0.329 e. The summed E-state index contributed by atoms with van der Waals surface area (Å²) in [5.41, 5.74) is 1.83. The van der Waals surface area contributed by atoms with E-state index in [0.29, 0.717) is 17.0 Å². The zero-order valence-electron chi connectivity index (χ0n) is 13.4. The second kappa shape index (κ2) is 6.57. The SMILES string of the molecule is CC(Cc1ccc(C#N)cc1)C(=O)ON1C(=O)c2ccccc2C1=O. The second-order valence-corrected chi connectivity index (χ2v) is 5.77. The van der Waals surface area contributed by atoms with Crippen LogP contribution in [-0.4, -0.2) is 22.8 Å². The first-order chi connectivity index (χ1) is 12.0. The molecule has 6 nitrogen and oxygen atoms in total. The van der Waals surface area contributed by atoms with Crippen LogP contribution < -0.4 is 0 Å². The van der Waals surface area contributed by atoms with E-state index in [1.807, 2.05) is 6.07 Å². The van der Waals surface area contributed by atoms with Gasteiger partial charge in [-0.3, -0.25) is 9.59 Å². The zero-order valence-corrected chi connectivity index (χ0v) is 13.4. The van der Waals surface area contributed by atoms with Crippen molar-refractivity contribution in [2.45, 2.75) is 13.3 Å². The number of fused-ring (bicyclic) bond motifs is 1. The summed E-state index contributed by atoms with van der Waals surface area (Å²) in [6.07, 6.45) is 0.369. The molecule has 1 aliphatic rings. The number of hydroxylamine groups is 2. The van der Waals surface area contributed by atoms with Gasteiger partial charge in [-0.05, 0) is 36.2 Å². The van der Waals surface area contributed by atoms with Crippen molar-refractivity contribution in [1.29, 1.82) is 5.26 Å². The van der Waals surface area contributed by atoms with E-state index in [1.54, 1.807) is 43.3 Å². The van der Waals surface area contributed by atoms with Gasteiger partial charge in [0.05, 0.1) is 28.7 Å². The summed E-state index contributed by atoms with van der Waals surface area (Å²) >= 11 is 0. The molecule has 25 heavy (non-hydrogen) atoms. The molecule has 0 bridgehead atoms. The highest BCUT2D eigenvalue weighted by molar-refractivity contribution is 6.20. The number of imide groups is 1. The van der Waals surface area contributed by atoms with Crippen molar-refractivity contribution in [2.24, 2.45) is 5.92 Å². The lowest BCUT2D eigenvalue weighted by Crippen LogP contribution is -2.35. The van der Waals surface area contributed by atoms with Crippen molar-refractivity contribution in [3.63, 3.8) is 0 Å². The van der Waals surface area contributed by atoms with Crippen molar-refractivity contribution in [3.8, 4) is 6.07 Å². The average Bonchev–Trinajstić information content (AvgIpc) is 2.87. The van der Waals surface area contributed by atoms with Crippen LogP contribution in [0.5, 0.6) is 0 Å². The lowest BCUT2D eigenvalue weighted by molar-refractivity contribution is -0.173. The molecule has 1 heterocycles. The molecular formula is C19H14N2O4. The fourth-order valence-corrected chi connectivity index (χ4v) is 2.58. The zero-order chi connectivity index (χ0) is 18.0. The minimum atomic E-state index is -0.668. The number of amides is 2. The maximum atomic E-state index is 12.2. The molecule has 1 aliphatic heterocycles. The minimum Gasteiger partial charge on any atom is -0.329 e. The molecule has 2 aromatic rings. The predicted octanol–water partition coefficient (Wildman–Crippen LogP) is 2.49.